The zero-order chi connectivity index (χ0) is 11.3. The van der Waals surface area contributed by atoms with Crippen molar-refractivity contribution in [3.05, 3.63) is 0 Å². The van der Waals surface area contributed by atoms with Crippen molar-refractivity contribution >= 4 is 5.97 Å². The molecule has 0 aliphatic heterocycles. The zero-order valence-electron chi connectivity index (χ0n) is 9.62. The van der Waals surface area contributed by atoms with E-state index < -0.39 is 5.97 Å². The molecule has 0 unspecified atom stereocenters. The molecule has 0 aromatic carbocycles. The van der Waals surface area contributed by atoms with Crippen LogP contribution in [-0.4, -0.2) is 35.7 Å². The Morgan fingerprint density at radius 1 is 1.27 bits per heavy atom. The van der Waals surface area contributed by atoms with Gasteiger partial charge in [-0.3, -0.25) is 4.79 Å². The van der Waals surface area contributed by atoms with Crippen molar-refractivity contribution < 1.29 is 9.90 Å². The molecule has 0 aromatic heterocycles. The van der Waals surface area contributed by atoms with Crippen molar-refractivity contribution in [2.45, 2.75) is 57.7 Å². The lowest BCUT2D eigenvalue weighted by molar-refractivity contribution is -0.136. The van der Waals surface area contributed by atoms with Crippen LogP contribution in [0.4, 0.5) is 0 Å². The van der Waals surface area contributed by atoms with Crippen LogP contribution < -0.4 is 10.6 Å². The van der Waals surface area contributed by atoms with Gasteiger partial charge >= 0.3 is 5.97 Å². The summed E-state index contributed by atoms with van der Waals surface area (Å²) in [7, 11) is 0. The van der Waals surface area contributed by atoms with Gasteiger partial charge in [0.25, 0.3) is 0 Å². The summed E-state index contributed by atoms with van der Waals surface area (Å²) in [5.74, 6) is -0.766. The average molecular weight is 214 g/mol. The lowest BCUT2D eigenvalue weighted by Gasteiger charge is -2.30. The SMILES string of the molecule is CC(C)NC1CCC(NCC(=O)O)CC1. The summed E-state index contributed by atoms with van der Waals surface area (Å²) in [5.41, 5.74) is 0. The second kappa shape index (κ2) is 6.08. The molecule has 15 heavy (non-hydrogen) atoms. The van der Waals surface area contributed by atoms with E-state index in [1.165, 1.54) is 0 Å². The molecule has 3 N–H and O–H groups in total. The molecule has 0 radical (unpaired) electrons. The van der Waals surface area contributed by atoms with Crippen LogP contribution in [0.5, 0.6) is 0 Å². The van der Waals surface area contributed by atoms with Crippen molar-refractivity contribution in [1.82, 2.24) is 10.6 Å². The fourth-order valence-electron chi connectivity index (χ4n) is 2.17. The van der Waals surface area contributed by atoms with Gasteiger partial charge in [0.15, 0.2) is 0 Å². The number of hydrogen-bond donors (Lipinski definition) is 3. The molecular formula is C11H22N2O2. The van der Waals surface area contributed by atoms with Crippen LogP contribution in [0.2, 0.25) is 0 Å². The third kappa shape index (κ3) is 5.14. The highest BCUT2D eigenvalue weighted by Gasteiger charge is 2.21. The third-order valence-corrected chi connectivity index (χ3v) is 2.84. The van der Waals surface area contributed by atoms with Gasteiger partial charge in [0.1, 0.15) is 0 Å². The summed E-state index contributed by atoms with van der Waals surface area (Å²) in [6.45, 7) is 4.41. The first-order chi connectivity index (χ1) is 7.08. The number of nitrogens with one attached hydrogen (secondary N) is 2. The van der Waals surface area contributed by atoms with E-state index in [1.807, 2.05) is 0 Å². The summed E-state index contributed by atoms with van der Waals surface area (Å²) in [5, 5.41) is 15.1. The minimum atomic E-state index is -0.766. The van der Waals surface area contributed by atoms with E-state index in [-0.39, 0.29) is 6.54 Å². The number of rotatable bonds is 5. The van der Waals surface area contributed by atoms with Crippen molar-refractivity contribution in [2.24, 2.45) is 0 Å². The van der Waals surface area contributed by atoms with E-state index in [9.17, 15) is 4.79 Å². The summed E-state index contributed by atoms with van der Waals surface area (Å²) in [6.07, 6.45) is 4.46. The summed E-state index contributed by atoms with van der Waals surface area (Å²) < 4.78 is 0. The fourth-order valence-corrected chi connectivity index (χ4v) is 2.17. The Hall–Kier alpha value is -0.610. The molecule has 0 heterocycles. The van der Waals surface area contributed by atoms with Crippen molar-refractivity contribution in [2.75, 3.05) is 6.54 Å². The standard InChI is InChI=1S/C11H22N2O2/c1-8(2)13-10-5-3-9(4-6-10)12-7-11(14)15/h8-10,12-13H,3-7H2,1-2H3,(H,14,15). The number of carbonyl (C=O) groups is 1. The molecule has 1 saturated carbocycles. The normalized spacial score (nSPS) is 26.9. The van der Waals surface area contributed by atoms with Crippen LogP contribution >= 0.6 is 0 Å². The Kier molecular flexibility index (Phi) is 5.05. The summed E-state index contributed by atoms with van der Waals surface area (Å²) >= 11 is 0. The number of carboxylic acids is 1. The highest BCUT2D eigenvalue weighted by atomic mass is 16.4. The number of hydrogen-bond acceptors (Lipinski definition) is 3. The van der Waals surface area contributed by atoms with Gasteiger partial charge in [-0.05, 0) is 25.7 Å². The van der Waals surface area contributed by atoms with Gasteiger partial charge in [0.2, 0.25) is 0 Å². The van der Waals surface area contributed by atoms with Crippen molar-refractivity contribution in [3.8, 4) is 0 Å². The Bertz CT molecular complexity index is 199. The second-order valence-corrected chi connectivity index (χ2v) is 4.64. The van der Waals surface area contributed by atoms with Crippen molar-refractivity contribution in [1.29, 1.82) is 0 Å². The largest absolute Gasteiger partial charge is 0.480 e. The van der Waals surface area contributed by atoms with Crippen molar-refractivity contribution in [3.63, 3.8) is 0 Å². The number of aliphatic carboxylic acids is 1. The van der Waals surface area contributed by atoms with E-state index in [2.05, 4.69) is 24.5 Å². The predicted molar refractivity (Wildman–Crippen MR) is 60.0 cm³/mol. The van der Waals surface area contributed by atoms with Gasteiger partial charge < -0.3 is 15.7 Å². The molecule has 0 amide bonds. The van der Waals surface area contributed by atoms with Gasteiger partial charge in [0, 0.05) is 18.1 Å². The zero-order valence-corrected chi connectivity index (χ0v) is 9.62. The first-order valence-corrected chi connectivity index (χ1v) is 5.79. The van der Waals surface area contributed by atoms with Crippen LogP contribution in [0.1, 0.15) is 39.5 Å². The molecule has 4 nitrogen and oxygen atoms in total. The highest BCUT2D eigenvalue weighted by Crippen LogP contribution is 2.18. The van der Waals surface area contributed by atoms with E-state index >= 15 is 0 Å². The molecule has 0 spiro atoms. The van der Waals surface area contributed by atoms with Gasteiger partial charge in [0.05, 0.1) is 6.54 Å². The average Bonchev–Trinajstić information content (AvgIpc) is 2.16. The molecule has 0 bridgehead atoms. The summed E-state index contributed by atoms with van der Waals surface area (Å²) in [4.78, 5) is 10.4. The van der Waals surface area contributed by atoms with Crippen LogP contribution in [0.15, 0.2) is 0 Å². The van der Waals surface area contributed by atoms with Crippen LogP contribution in [0.25, 0.3) is 0 Å². The van der Waals surface area contributed by atoms with E-state index in [0.29, 0.717) is 18.1 Å². The maximum atomic E-state index is 10.4. The minimum absolute atomic E-state index is 0.0902. The molecule has 1 rings (SSSR count). The Morgan fingerprint density at radius 3 is 2.27 bits per heavy atom. The molecule has 4 heteroatoms. The quantitative estimate of drug-likeness (QED) is 0.638. The Balaban J connectivity index is 2.15. The second-order valence-electron chi connectivity index (χ2n) is 4.64. The monoisotopic (exact) mass is 214 g/mol. The first kappa shape index (κ1) is 12.5. The smallest absolute Gasteiger partial charge is 0.317 e. The topological polar surface area (TPSA) is 61.4 Å². The molecule has 88 valence electrons. The first-order valence-electron chi connectivity index (χ1n) is 5.79. The summed E-state index contributed by atoms with van der Waals surface area (Å²) in [6, 6.07) is 1.55. The van der Waals surface area contributed by atoms with Gasteiger partial charge in [-0.25, -0.2) is 0 Å². The van der Waals surface area contributed by atoms with Crippen LogP contribution in [-0.2, 0) is 4.79 Å². The fraction of sp³-hybridized carbons (Fsp3) is 0.909. The van der Waals surface area contributed by atoms with E-state index in [1.54, 1.807) is 0 Å². The molecule has 0 atom stereocenters. The van der Waals surface area contributed by atoms with Gasteiger partial charge in [-0.1, -0.05) is 13.8 Å². The third-order valence-electron chi connectivity index (χ3n) is 2.84. The maximum Gasteiger partial charge on any atom is 0.317 e. The molecular weight excluding hydrogens is 192 g/mol. The Morgan fingerprint density at radius 2 is 1.80 bits per heavy atom. The Labute approximate surface area is 91.4 Å². The highest BCUT2D eigenvalue weighted by molar-refractivity contribution is 5.69. The van der Waals surface area contributed by atoms with Crippen LogP contribution in [0, 0.1) is 0 Å². The number of carboxylic acid groups (broad SMARTS) is 1. The molecule has 0 saturated heterocycles. The minimum Gasteiger partial charge on any atom is -0.480 e. The lowest BCUT2D eigenvalue weighted by atomic mass is 9.91. The van der Waals surface area contributed by atoms with E-state index in [0.717, 1.165) is 25.7 Å². The predicted octanol–water partition coefficient (Wildman–Crippen LogP) is 0.970. The van der Waals surface area contributed by atoms with Gasteiger partial charge in [-0.15, -0.1) is 0 Å². The molecule has 1 aliphatic rings. The van der Waals surface area contributed by atoms with E-state index in [4.69, 9.17) is 5.11 Å². The lowest BCUT2D eigenvalue weighted by Crippen LogP contribution is -2.43. The molecule has 1 fully saturated rings. The van der Waals surface area contributed by atoms with Gasteiger partial charge in [-0.2, -0.15) is 0 Å². The van der Waals surface area contributed by atoms with Crippen LogP contribution in [0.3, 0.4) is 0 Å². The molecule has 0 aromatic rings. The maximum absolute atomic E-state index is 10.4. The molecule has 1 aliphatic carbocycles.